The predicted octanol–water partition coefficient (Wildman–Crippen LogP) is 2.27. The molecular weight excluding hydrogens is 221 g/mol. The summed E-state index contributed by atoms with van der Waals surface area (Å²) in [5.74, 6) is 0.263. The number of rotatable bonds is 5. The lowest BCUT2D eigenvalue weighted by Gasteiger charge is -2.09. The zero-order valence-corrected chi connectivity index (χ0v) is 9.70. The molecule has 2 aromatic rings. The van der Waals surface area contributed by atoms with Gasteiger partial charge in [-0.3, -0.25) is 0 Å². The Kier molecular flexibility index (Phi) is 3.58. The Bertz CT molecular complexity index is 497. The molecule has 0 spiro atoms. The standard InChI is InChI=1S/C12H16FN3O/c1-2-3-9(17)7-14-12-15-10-5-4-8(13)6-11(10)16-12/h4-6,9,17H,2-3,7H2,1H3,(H2,14,15,16). The van der Waals surface area contributed by atoms with E-state index >= 15 is 0 Å². The number of imidazole rings is 1. The Morgan fingerprint density at radius 2 is 2.35 bits per heavy atom. The summed E-state index contributed by atoms with van der Waals surface area (Å²) in [6.07, 6.45) is 1.31. The summed E-state index contributed by atoms with van der Waals surface area (Å²) in [5, 5.41) is 12.6. The van der Waals surface area contributed by atoms with E-state index in [1.807, 2.05) is 6.92 Å². The second kappa shape index (κ2) is 5.14. The zero-order chi connectivity index (χ0) is 12.3. The molecule has 1 heterocycles. The van der Waals surface area contributed by atoms with Gasteiger partial charge in [-0.2, -0.15) is 0 Å². The second-order valence-electron chi connectivity index (χ2n) is 4.07. The largest absolute Gasteiger partial charge is 0.391 e. The van der Waals surface area contributed by atoms with E-state index in [4.69, 9.17) is 0 Å². The number of nitrogens with zero attached hydrogens (tertiary/aromatic N) is 1. The molecule has 0 radical (unpaired) electrons. The minimum atomic E-state index is -0.384. The molecule has 3 N–H and O–H groups in total. The molecule has 0 fully saturated rings. The van der Waals surface area contributed by atoms with E-state index in [1.165, 1.54) is 12.1 Å². The maximum Gasteiger partial charge on any atom is 0.201 e. The molecule has 5 heteroatoms. The predicted molar refractivity (Wildman–Crippen MR) is 65.5 cm³/mol. The van der Waals surface area contributed by atoms with Crippen LogP contribution in [0.3, 0.4) is 0 Å². The monoisotopic (exact) mass is 237 g/mol. The molecule has 4 nitrogen and oxygen atoms in total. The molecule has 0 aliphatic rings. The van der Waals surface area contributed by atoms with Gasteiger partial charge in [-0.1, -0.05) is 13.3 Å². The summed E-state index contributed by atoms with van der Waals surface area (Å²) < 4.78 is 13.0. The minimum Gasteiger partial charge on any atom is -0.391 e. The number of aliphatic hydroxyl groups is 1. The van der Waals surface area contributed by atoms with Crippen LogP contribution < -0.4 is 5.32 Å². The Morgan fingerprint density at radius 3 is 3.12 bits per heavy atom. The van der Waals surface area contributed by atoms with Gasteiger partial charge >= 0.3 is 0 Å². The number of aliphatic hydroxyl groups excluding tert-OH is 1. The number of benzene rings is 1. The van der Waals surface area contributed by atoms with Crippen molar-refractivity contribution in [2.75, 3.05) is 11.9 Å². The number of aromatic amines is 1. The van der Waals surface area contributed by atoms with Gasteiger partial charge in [0.15, 0.2) is 0 Å². The number of fused-ring (bicyclic) bond motifs is 1. The van der Waals surface area contributed by atoms with Crippen molar-refractivity contribution in [3.8, 4) is 0 Å². The number of nitrogens with one attached hydrogen (secondary N) is 2. The zero-order valence-electron chi connectivity index (χ0n) is 9.70. The maximum atomic E-state index is 13.0. The van der Waals surface area contributed by atoms with E-state index < -0.39 is 0 Å². The third-order valence-electron chi connectivity index (χ3n) is 2.57. The molecule has 0 aliphatic heterocycles. The quantitative estimate of drug-likeness (QED) is 0.747. The third kappa shape index (κ3) is 2.94. The maximum absolute atomic E-state index is 13.0. The van der Waals surface area contributed by atoms with Gasteiger partial charge in [-0.25, -0.2) is 9.37 Å². The Balaban J connectivity index is 2.04. The highest BCUT2D eigenvalue weighted by atomic mass is 19.1. The van der Waals surface area contributed by atoms with Crippen LogP contribution in [0.2, 0.25) is 0 Å². The van der Waals surface area contributed by atoms with Crippen LogP contribution in [0.15, 0.2) is 18.2 Å². The molecule has 0 saturated heterocycles. The van der Waals surface area contributed by atoms with E-state index in [2.05, 4.69) is 15.3 Å². The van der Waals surface area contributed by atoms with Crippen LogP contribution in [0.1, 0.15) is 19.8 Å². The van der Waals surface area contributed by atoms with Gasteiger partial charge in [-0.15, -0.1) is 0 Å². The lowest BCUT2D eigenvalue weighted by atomic mass is 10.2. The minimum absolute atomic E-state index is 0.293. The lowest BCUT2D eigenvalue weighted by Crippen LogP contribution is -2.19. The smallest absolute Gasteiger partial charge is 0.201 e. The van der Waals surface area contributed by atoms with Gasteiger partial charge in [0.25, 0.3) is 0 Å². The third-order valence-corrected chi connectivity index (χ3v) is 2.57. The number of hydrogen-bond donors (Lipinski definition) is 3. The molecule has 92 valence electrons. The summed E-state index contributed by atoms with van der Waals surface area (Å²) in [7, 11) is 0. The normalized spacial score (nSPS) is 12.9. The number of anilines is 1. The van der Waals surface area contributed by atoms with Crippen molar-refractivity contribution in [1.29, 1.82) is 0 Å². The van der Waals surface area contributed by atoms with Gasteiger partial charge in [0.1, 0.15) is 5.82 Å². The van der Waals surface area contributed by atoms with Crippen LogP contribution in [-0.4, -0.2) is 27.7 Å². The molecule has 17 heavy (non-hydrogen) atoms. The van der Waals surface area contributed by atoms with Crippen molar-refractivity contribution >= 4 is 17.0 Å². The van der Waals surface area contributed by atoms with Crippen LogP contribution in [0, 0.1) is 5.82 Å². The highest BCUT2D eigenvalue weighted by Gasteiger charge is 2.06. The second-order valence-corrected chi connectivity index (χ2v) is 4.07. The summed E-state index contributed by atoms with van der Waals surface area (Å²) in [5.41, 5.74) is 1.36. The van der Waals surface area contributed by atoms with Crippen LogP contribution >= 0.6 is 0 Å². The molecule has 1 aromatic heterocycles. The van der Waals surface area contributed by atoms with E-state index in [1.54, 1.807) is 6.07 Å². The van der Waals surface area contributed by atoms with Gasteiger partial charge in [0.2, 0.25) is 5.95 Å². The molecule has 0 amide bonds. The molecule has 0 aliphatic carbocycles. The van der Waals surface area contributed by atoms with E-state index in [0.29, 0.717) is 23.5 Å². The van der Waals surface area contributed by atoms with Crippen molar-refractivity contribution in [3.05, 3.63) is 24.0 Å². The Hall–Kier alpha value is -1.62. The fourth-order valence-corrected chi connectivity index (χ4v) is 1.72. The fourth-order valence-electron chi connectivity index (χ4n) is 1.72. The van der Waals surface area contributed by atoms with Gasteiger partial charge in [0.05, 0.1) is 17.1 Å². The van der Waals surface area contributed by atoms with Crippen molar-refractivity contribution < 1.29 is 9.50 Å². The fraction of sp³-hybridized carbons (Fsp3) is 0.417. The summed E-state index contributed by atoms with van der Waals surface area (Å²) in [6, 6.07) is 4.39. The summed E-state index contributed by atoms with van der Waals surface area (Å²) >= 11 is 0. The Morgan fingerprint density at radius 1 is 1.53 bits per heavy atom. The van der Waals surface area contributed by atoms with Crippen molar-refractivity contribution in [2.45, 2.75) is 25.9 Å². The molecule has 0 bridgehead atoms. The number of H-pyrrole nitrogens is 1. The van der Waals surface area contributed by atoms with Crippen molar-refractivity contribution in [2.24, 2.45) is 0 Å². The molecule has 1 atom stereocenters. The first kappa shape index (κ1) is 11.9. The topological polar surface area (TPSA) is 60.9 Å². The van der Waals surface area contributed by atoms with Gasteiger partial charge in [0, 0.05) is 6.54 Å². The summed E-state index contributed by atoms with van der Waals surface area (Å²) in [6.45, 7) is 2.46. The highest BCUT2D eigenvalue weighted by Crippen LogP contribution is 2.15. The number of hydrogen-bond acceptors (Lipinski definition) is 3. The van der Waals surface area contributed by atoms with Crippen molar-refractivity contribution in [1.82, 2.24) is 9.97 Å². The van der Waals surface area contributed by atoms with Gasteiger partial charge in [-0.05, 0) is 24.6 Å². The van der Waals surface area contributed by atoms with Crippen LogP contribution in [0.25, 0.3) is 11.0 Å². The first-order valence-electron chi connectivity index (χ1n) is 5.76. The van der Waals surface area contributed by atoms with Gasteiger partial charge < -0.3 is 15.4 Å². The molecular formula is C12H16FN3O. The van der Waals surface area contributed by atoms with Crippen LogP contribution in [-0.2, 0) is 0 Å². The van der Waals surface area contributed by atoms with Crippen molar-refractivity contribution in [3.63, 3.8) is 0 Å². The first-order valence-corrected chi connectivity index (χ1v) is 5.76. The molecule has 1 aromatic carbocycles. The number of aromatic nitrogens is 2. The van der Waals surface area contributed by atoms with Crippen LogP contribution in [0.4, 0.5) is 10.3 Å². The molecule has 2 rings (SSSR count). The van der Waals surface area contributed by atoms with Crippen LogP contribution in [0.5, 0.6) is 0 Å². The average Bonchev–Trinajstić information content (AvgIpc) is 2.68. The van der Waals surface area contributed by atoms with E-state index in [-0.39, 0.29) is 11.9 Å². The molecule has 0 saturated carbocycles. The molecule has 1 unspecified atom stereocenters. The summed E-state index contributed by atoms with van der Waals surface area (Å²) in [4.78, 5) is 7.20. The first-order chi connectivity index (χ1) is 8.19. The van der Waals surface area contributed by atoms with E-state index in [9.17, 15) is 9.50 Å². The lowest BCUT2D eigenvalue weighted by molar-refractivity contribution is 0.176. The highest BCUT2D eigenvalue weighted by molar-refractivity contribution is 5.77. The Labute approximate surface area is 98.9 Å². The SMILES string of the molecule is CCCC(O)CNc1nc2ccc(F)cc2[nH]1. The number of halogens is 1. The average molecular weight is 237 g/mol. The van der Waals surface area contributed by atoms with E-state index in [0.717, 1.165) is 12.8 Å².